The minimum Gasteiger partial charge on any atom is -0.487 e. The summed E-state index contributed by atoms with van der Waals surface area (Å²) in [5.41, 5.74) is 1.21. The Morgan fingerprint density at radius 2 is 1.79 bits per heavy atom. The molecule has 3 aliphatic rings. The molecule has 130 valence electrons. The van der Waals surface area contributed by atoms with E-state index in [4.69, 9.17) is 4.74 Å². The molecule has 4 rings (SSSR count). The second-order valence-corrected chi connectivity index (χ2v) is 7.64. The van der Waals surface area contributed by atoms with Crippen molar-refractivity contribution in [3.63, 3.8) is 0 Å². The minimum absolute atomic E-state index is 0.320. The first-order valence-corrected chi connectivity index (χ1v) is 9.46. The van der Waals surface area contributed by atoms with Crippen molar-refractivity contribution in [2.75, 3.05) is 26.2 Å². The number of amides is 1. The molecule has 0 spiro atoms. The maximum atomic E-state index is 12.3. The molecule has 0 bridgehead atoms. The number of rotatable bonds is 4. The van der Waals surface area contributed by atoms with Crippen LogP contribution in [0.1, 0.15) is 37.7 Å². The Labute approximate surface area is 144 Å². The van der Waals surface area contributed by atoms with E-state index < -0.39 is 0 Å². The van der Waals surface area contributed by atoms with Gasteiger partial charge in [0.2, 0.25) is 5.91 Å². The molecular formula is C20H28N2O2. The molecule has 0 aromatic heterocycles. The zero-order chi connectivity index (χ0) is 16.5. The quantitative estimate of drug-likeness (QED) is 0.852. The van der Waals surface area contributed by atoms with Gasteiger partial charge in [-0.25, -0.2) is 0 Å². The highest BCUT2D eigenvalue weighted by Crippen LogP contribution is 2.31. The lowest BCUT2D eigenvalue weighted by Crippen LogP contribution is -2.60. The van der Waals surface area contributed by atoms with Crippen LogP contribution in [0.15, 0.2) is 24.3 Å². The third kappa shape index (κ3) is 3.16. The van der Waals surface area contributed by atoms with Gasteiger partial charge in [0, 0.05) is 38.1 Å². The van der Waals surface area contributed by atoms with Crippen LogP contribution in [0, 0.1) is 12.8 Å². The molecule has 0 radical (unpaired) electrons. The van der Waals surface area contributed by atoms with Gasteiger partial charge in [-0.2, -0.15) is 0 Å². The number of nitrogens with zero attached hydrogens (tertiary/aromatic N) is 2. The average molecular weight is 328 g/mol. The van der Waals surface area contributed by atoms with E-state index >= 15 is 0 Å². The van der Waals surface area contributed by atoms with E-state index in [1.54, 1.807) is 0 Å². The maximum Gasteiger partial charge on any atom is 0.225 e. The summed E-state index contributed by atoms with van der Waals surface area (Å²) in [6.45, 7) is 6.03. The lowest BCUT2D eigenvalue weighted by molar-refractivity contribution is -0.140. The molecule has 3 fully saturated rings. The van der Waals surface area contributed by atoms with Crippen molar-refractivity contribution in [2.24, 2.45) is 5.92 Å². The van der Waals surface area contributed by atoms with Gasteiger partial charge in [0.25, 0.3) is 0 Å². The molecule has 4 nitrogen and oxygen atoms in total. The van der Waals surface area contributed by atoms with E-state index in [2.05, 4.69) is 28.9 Å². The van der Waals surface area contributed by atoms with Gasteiger partial charge in [-0.1, -0.05) is 24.6 Å². The van der Waals surface area contributed by atoms with E-state index in [1.165, 1.54) is 12.0 Å². The highest BCUT2D eigenvalue weighted by Gasteiger charge is 2.37. The van der Waals surface area contributed by atoms with Crippen LogP contribution >= 0.6 is 0 Å². The molecule has 1 aromatic rings. The van der Waals surface area contributed by atoms with Crippen LogP contribution in [0.5, 0.6) is 5.75 Å². The van der Waals surface area contributed by atoms with Crippen molar-refractivity contribution in [2.45, 2.75) is 51.2 Å². The van der Waals surface area contributed by atoms with Crippen LogP contribution in [0.25, 0.3) is 0 Å². The maximum absolute atomic E-state index is 12.3. The van der Waals surface area contributed by atoms with Gasteiger partial charge in [0.1, 0.15) is 11.9 Å². The number of para-hydroxylation sites is 1. The van der Waals surface area contributed by atoms with Crippen LogP contribution in [0.4, 0.5) is 0 Å². The predicted octanol–water partition coefficient (Wildman–Crippen LogP) is 2.85. The monoisotopic (exact) mass is 328 g/mol. The van der Waals surface area contributed by atoms with Crippen LogP contribution in [-0.2, 0) is 4.79 Å². The molecule has 0 atom stereocenters. The normalized spacial score (nSPS) is 23.6. The third-order valence-corrected chi connectivity index (χ3v) is 6.01. The van der Waals surface area contributed by atoms with Gasteiger partial charge >= 0.3 is 0 Å². The summed E-state index contributed by atoms with van der Waals surface area (Å²) in [7, 11) is 0. The van der Waals surface area contributed by atoms with E-state index in [-0.39, 0.29) is 0 Å². The van der Waals surface area contributed by atoms with Gasteiger partial charge in [-0.15, -0.1) is 0 Å². The van der Waals surface area contributed by atoms with E-state index in [1.807, 2.05) is 12.1 Å². The number of ether oxygens (including phenoxy) is 1. The number of hydrogen-bond donors (Lipinski definition) is 0. The lowest BCUT2D eigenvalue weighted by Gasteiger charge is -2.47. The lowest BCUT2D eigenvalue weighted by atomic mass is 9.84. The zero-order valence-electron chi connectivity index (χ0n) is 14.6. The molecule has 0 N–H and O–H groups in total. The fourth-order valence-corrected chi connectivity index (χ4v) is 4.08. The van der Waals surface area contributed by atoms with E-state index in [0.29, 0.717) is 24.0 Å². The van der Waals surface area contributed by atoms with Gasteiger partial charge < -0.3 is 9.64 Å². The van der Waals surface area contributed by atoms with Gasteiger partial charge in [-0.05, 0) is 44.2 Å². The Balaban J connectivity index is 1.21. The molecule has 2 heterocycles. The highest BCUT2D eigenvalue weighted by molar-refractivity contribution is 5.79. The number of aryl methyl sites for hydroxylation is 1. The minimum atomic E-state index is 0.320. The van der Waals surface area contributed by atoms with Crippen LogP contribution < -0.4 is 4.74 Å². The molecule has 24 heavy (non-hydrogen) atoms. The summed E-state index contributed by atoms with van der Waals surface area (Å²) in [4.78, 5) is 17.0. The van der Waals surface area contributed by atoms with Gasteiger partial charge in [0.15, 0.2) is 0 Å². The highest BCUT2D eigenvalue weighted by atomic mass is 16.5. The fourth-order valence-electron chi connectivity index (χ4n) is 4.08. The third-order valence-electron chi connectivity index (χ3n) is 6.01. The first kappa shape index (κ1) is 15.9. The second kappa shape index (κ2) is 6.75. The molecule has 1 saturated carbocycles. The Morgan fingerprint density at radius 1 is 1.08 bits per heavy atom. The van der Waals surface area contributed by atoms with Crippen LogP contribution in [0.3, 0.4) is 0 Å². The Bertz CT molecular complexity index is 585. The van der Waals surface area contributed by atoms with Crippen molar-refractivity contribution in [1.29, 1.82) is 0 Å². The predicted molar refractivity (Wildman–Crippen MR) is 94.1 cm³/mol. The molecule has 1 aromatic carbocycles. The Kier molecular flexibility index (Phi) is 4.49. The number of carbonyl (C=O) groups is 1. The molecule has 4 heteroatoms. The largest absolute Gasteiger partial charge is 0.487 e. The molecule has 1 amide bonds. The number of carbonyl (C=O) groups excluding carboxylic acids is 1. The summed E-state index contributed by atoms with van der Waals surface area (Å²) in [6, 6.07) is 8.87. The van der Waals surface area contributed by atoms with Crippen molar-refractivity contribution < 1.29 is 9.53 Å². The number of piperidine rings is 1. The van der Waals surface area contributed by atoms with Gasteiger partial charge in [-0.3, -0.25) is 9.69 Å². The molecular weight excluding hydrogens is 300 g/mol. The van der Waals surface area contributed by atoms with Crippen LogP contribution in [0.2, 0.25) is 0 Å². The average Bonchev–Trinajstić information content (AvgIpc) is 2.50. The molecule has 2 aliphatic heterocycles. The van der Waals surface area contributed by atoms with Crippen LogP contribution in [-0.4, -0.2) is 54.0 Å². The Morgan fingerprint density at radius 3 is 2.42 bits per heavy atom. The van der Waals surface area contributed by atoms with E-state index in [0.717, 1.165) is 57.6 Å². The Hall–Kier alpha value is -1.55. The molecule has 2 saturated heterocycles. The van der Waals surface area contributed by atoms with Crippen molar-refractivity contribution in [3.8, 4) is 5.75 Å². The summed E-state index contributed by atoms with van der Waals surface area (Å²) < 4.78 is 6.11. The topological polar surface area (TPSA) is 32.8 Å². The van der Waals surface area contributed by atoms with Crippen molar-refractivity contribution in [3.05, 3.63) is 29.8 Å². The number of likely N-dealkylation sites (tertiary alicyclic amines) is 2. The summed E-state index contributed by atoms with van der Waals surface area (Å²) in [5, 5.41) is 0. The van der Waals surface area contributed by atoms with Gasteiger partial charge in [0.05, 0.1) is 0 Å². The van der Waals surface area contributed by atoms with E-state index in [9.17, 15) is 4.79 Å². The number of benzene rings is 1. The smallest absolute Gasteiger partial charge is 0.225 e. The summed E-state index contributed by atoms with van der Waals surface area (Å²) in [6.07, 6.45) is 6.03. The van der Waals surface area contributed by atoms with Crippen molar-refractivity contribution in [1.82, 2.24) is 9.80 Å². The van der Waals surface area contributed by atoms with Crippen molar-refractivity contribution >= 4 is 5.91 Å². The second-order valence-electron chi connectivity index (χ2n) is 7.64. The summed E-state index contributed by atoms with van der Waals surface area (Å²) in [5.74, 6) is 1.78. The SMILES string of the molecule is Cc1ccccc1OC1CN(C2CCN(C(=O)C3CCC3)CC2)C1. The number of hydrogen-bond acceptors (Lipinski definition) is 3. The molecule has 0 unspecified atom stereocenters. The molecule has 1 aliphatic carbocycles. The fraction of sp³-hybridized carbons (Fsp3) is 0.650. The summed E-state index contributed by atoms with van der Waals surface area (Å²) >= 11 is 0. The first-order valence-electron chi connectivity index (χ1n) is 9.46. The zero-order valence-corrected chi connectivity index (χ0v) is 14.6. The standard InChI is InChI=1S/C20H28N2O2/c1-15-5-2-3-8-19(15)24-18-13-22(14-18)17-9-11-21(12-10-17)20(23)16-6-4-7-16/h2-3,5,8,16-18H,4,6-7,9-14H2,1H3. The first-order chi connectivity index (χ1) is 11.7.